The molecule has 0 saturated heterocycles. The smallest absolute Gasteiger partial charge is 0.0703 e. The van der Waals surface area contributed by atoms with E-state index in [1.807, 2.05) is 12.3 Å². The molecular weight excluding hydrogens is 196 g/mol. The van der Waals surface area contributed by atoms with E-state index in [0.717, 1.165) is 5.52 Å². The fraction of sp³-hybridized carbons (Fsp3) is 0.357. The minimum Gasteiger partial charge on any atom is -0.380 e. The van der Waals surface area contributed by atoms with Crippen LogP contribution in [0.5, 0.6) is 0 Å². The summed E-state index contributed by atoms with van der Waals surface area (Å²) in [6.07, 6.45) is 5.64. The molecule has 0 radical (unpaired) electrons. The molecule has 2 aromatic rings. The van der Waals surface area contributed by atoms with Crippen LogP contribution in [0.2, 0.25) is 0 Å². The molecule has 1 aromatic carbocycles. The maximum Gasteiger partial charge on any atom is 0.0703 e. The van der Waals surface area contributed by atoms with Crippen LogP contribution < -0.4 is 5.32 Å². The van der Waals surface area contributed by atoms with Gasteiger partial charge in [-0.1, -0.05) is 13.0 Å². The van der Waals surface area contributed by atoms with E-state index in [4.69, 9.17) is 0 Å². The van der Waals surface area contributed by atoms with E-state index in [1.165, 1.54) is 30.3 Å². The van der Waals surface area contributed by atoms with Crippen LogP contribution in [0.1, 0.15) is 26.2 Å². The first kappa shape index (κ1) is 9.64. The van der Waals surface area contributed by atoms with Crippen molar-refractivity contribution in [2.24, 2.45) is 0 Å². The molecule has 0 bridgehead atoms. The molecule has 1 saturated carbocycles. The summed E-state index contributed by atoms with van der Waals surface area (Å²) >= 11 is 0. The molecule has 0 aliphatic heterocycles. The van der Waals surface area contributed by atoms with Crippen LogP contribution in [0.3, 0.4) is 0 Å². The normalized spacial score (nSPS) is 17.3. The van der Waals surface area contributed by atoms with Gasteiger partial charge in [0.1, 0.15) is 0 Å². The Kier molecular flexibility index (Phi) is 2.10. The zero-order chi connectivity index (χ0) is 11.0. The minimum atomic E-state index is 0.385. The molecule has 1 fully saturated rings. The zero-order valence-corrected chi connectivity index (χ0v) is 9.53. The van der Waals surface area contributed by atoms with Gasteiger partial charge in [-0.3, -0.25) is 4.98 Å². The van der Waals surface area contributed by atoms with Gasteiger partial charge < -0.3 is 5.32 Å². The first-order valence-corrected chi connectivity index (χ1v) is 5.94. The number of anilines is 1. The summed E-state index contributed by atoms with van der Waals surface area (Å²) < 4.78 is 0. The lowest BCUT2D eigenvalue weighted by atomic mass is 10.1. The van der Waals surface area contributed by atoms with Crippen molar-refractivity contribution in [3.63, 3.8) is 0 Å². The standard InChI is InChI=1S/C14H16N2/c1-2-14(7-8-14)16-12-5-6-13-11(10-12)4-3-9-15-13/h3-6,9-10,16H,2,7-8H2,1H3. The fourth-order valence-electron chi connectivity index (χ4n) is 2.18. The SMILES string of the molecule is CCC1(Nc2ccc3ncccc3c2)CC1. The van der Waals surface area contributed by atoms with E-state index in [9.17, 15) is 0 Å². The maximum absolute atomic E-state index is 4.33. The lowest BCUT2D eigenvalue weighted by Crippen LogP contribution is -2.19. The Morgan fingerprint density at radius 2 is 2.19 bits per heavy atom. The Balaban J connectivity index is 1.93. The average molecular weight is 212 g/mol. The predicted molar refractivity (Wildman–Crippen MR) is 67.6 cm³/mol. The minimum absolute atomic E-state index is 0.385. The zero-order valence-electron chi connectivity index (χ0n) is 9.53. The van der Waals surface area contributed by atoms with Gasteiger partial charge in [-0.05, 0) is 43.5 Å². The van der Waals surface area contributed by atoms with E-state index < -0.39 is 0 Å². The third-order valence-corrected chi connectivity index (χ3v) is 3.54. The van der Waals surface area contributed by atoms with Crippen molar-refractivity contribution in [1.82, 2.24) is 4.98 Å². The van der Waals surface area contributed by atoms with Gasteiger partial charge in [0.05, 0.1) is 5.52 Å². The Morgan fingerprint density at radius 1 is 1.31 bits per heavy atom. The number of nitrogens with one attached hydrogen (secondary N) is 1. The molecule has 3 rings (SSSR count). The van der Waals surface area contributed by atoms with Crippen LogP contribution in [-0.2, 0) is 0 Å². The van der Waals surface area contributed by atoms with E-state index in [1.54, 1.807) is 0 Å². The molecule has 1 aliphatic carbocycles. The molecule has 2 heteroatoms. The molecule has 1 heterocycles. The largest absolute Gasteiger partial charge is 0.380 e. The van der Waals surface area contributed by atoms with Crippen molar-refractivity contribution in [1.29, 1.82) is 0 Å². The molecular formula is C14H16N2. The van der Waals surface area contributed by atoms with Gasteiger partial charge in [-0.15, -0.1) is 0 Å². The predicted octanol–water partition coefficient (Wildman–Crippen LogP) is 3.59. The summed E-state index contributed by atoms with van der Waals surface area (Å²) in [5, 5.41) is 4.85. The molecule has 0 amide bonds. The van der Waals surface area contributed by atoms with Crippen LogP contribution >= 0.6 is 0 Å². The Hall–Kier alpha value is -1.57. The molecule has 16 heavy (non-hydrogen) atoms. The quantitative estimate of drug-likeness (QED) is 0.841. The number of hydrogen-bond donors (Lipinski definition) is 1. The number of aromatic nitrogens is 1. The molecule has 0 unspecified atom stereocenters. The molecule has 1 aromatic heterocycles. The number of benzene rings is 1. The number of hydrogen-bond acceptors (Lipinski definition) is 2. The van der Waals surface area contributed by atoms with Gasteiger partial charge in [0.2, 0.25) is 0 Å². The highest BCUT2D eigenvalue weighted by Gasteiger charge is 2.40. The lowest BCUT2D eigenvalue weighted by molar-refractivity contribution is 0.702. The van der Waals surface area contributed by atoms with Crippen molar-refractivity contribution in [2.45, 2.75) is 31.7 Å². The van der Waals surface area contributed by atoms with E-state index in [0.29, 0.717) is 5.54 Å². The average Bonchev–Trinajstić information content (AvgIpc) is 3.09. The second-order valence-corrected chi connectivity index (χ2v) is 4.67. The van der Waals surface area contributed by atoms with Gasteiger partial charge >= 0.3 is 0 Å². The van der Waals surface area contributed by atoms with Gasteiger partial charge in [0.25, 0.3) is 0 Å². The Labute approximate surface area is 95.7 Å². The molecule has 82 valence electrons. The van der Waals surface area contributed by atoms with Gasteiger partial charge in [-0.2, -0.15) is 0 Å². The van der Waals surface area contributed by atoms with Gasteiger partial charge in [-0.25, -0.2) is 0 Å². The summed E-state index contributed by atoms with van der Waals surface area (Å²) in [6.45, 7) is 2.25. The van der Waals surface area contributed by atoms with Gasteiger partial charge in [0.15, 0.2) is 0 Å². The third-order valence-electron chi connectivity index (χ3n) is 3.54. The third kappa shape index (κ3) is 1.64. The lowest BCUT2D eigenvalue weighted by Gasteiger charge is -2.16. The number of nitrogens with zero attached hydrogens (tertiary/aromatic N) is 1. The van der Waals surface area contributed by atoms with Crippen LogP contribution in [0.4, 0.5) is 5.69 Å². The second-order valence-electron chi connectivity index (χ2n) is 4.67. The summed E-state index contributed by atoms with van der Waals surface area (Å²) in [4.78, 5) is 4.33. The highest BCUT2D eigenvalue weighted by atomic mass is 15.0. The van der Waals surface area contributed by atoms with E-state index >= 15 is 0 Å². The molecule has 0 atom stereocenters. The first-order valence-electron chi connectivity index (χ1n) is 5.94. The Bertz CT molecular complexity index is 515. The highest BCUT2D eigenvalue weighted by Crippen LogP contribution is 2.41. The topological polar surface area (TPSA) is 24.9 Å². The molecule has 0 spiro atoms. The van der Waals surface area contributed by atoms with Crippen molar-refractivity contribution in [3.8, 4) is 0 Å². The van der Waals surface area contributed by atoms with E-state index in [-0.39, 0.29) is 0 Å². The molecule has 1 aliphatic rings. The van der Waals surface area contributed by atoms with Crippen molar-refractivity contribution in [2.75, 3.05) is 5.32 Å². The summed E-state index contributed by atoms with van der Waals surface area (Å²) in [5.41, 5.74) is 2.67. The summed E-state index contributed by atoms with van der Waals surface area (Å²) in [6, 6.07) is 10.5. The van der Waals surface area contributed by atoms with Crippen LogP contribution in [0.25, 0.3) is 10.9 Å². The molecule has 1 N–H and O–H groups in total. The van der Waals surface area contributed by atoms with Crippen LogP contribution in [-0.4, -0.2) is 10.5 Å². The van der Waals surface area contributed by atoms with Crippen molar-refractivity contribution >= 4 is 16.6 Å². The summed E-state index contributed by atoms with van der Waals surface area (Å²) in [7, 11) is 0. The number of fused-ring (bicyclic) bond motifs is 1. The van der Waals surface area contributed by atoms with Gasteiger partial charge in [0, 0.05) is 22.8 Å². The number of rotatable bonds is 3. The second kappa shape index (κ2) is 3.48. The molecule has 2 nitrogen and oxygen atoms in total. The maximum atomic E-state index is 4.33. The highest BCUT2D eigenvalue weighted by molar-refractivity contribution is 5.82. The van der Waals surface area contributed by atoms with Crippen LogP contribution in [0.15, 0.2) is 36.5 Å². The summed E-state index contributed by atoms with van der Waals surface area (Å²) in [5.74, 6) is 0. The number of pyridine rings is 1. The van der Waals surface area contributed by atoms with Crippen molar-refractivity contribution in [3.05, 3.63) is 36.5 Å². The van der Waals surface area contributed by atoms with Crippen molar-refractivity contribution < 1.29 is 0 Å². The van der Waals surface area contributed by atoms with E-state index in [2.05, 4.69) is 41.5 Å². The fourth-order valence-corrected chi connectivity index (χ4v) is 2.18. The Morgan fingerprint density at radius 3 is 2.94 bits per heavy atom. The first-order chi connectivity index (χ1) is 7.81. The monoisotopic (exact) mass is 212 g/mol. The van der Waals surface area contributed by atoms with Crippen LogP contribution in [0, 0.1) is 0 Å².